The van der Waals surface area contributed by atoms with Crippen molar-refractivity contribution in [2.45, 2.75) is 18.9 Å². The van der Waals surface area contributed by atoms with Crippen molar-refractivity contribution in [1.29, 1.82) is 0 Å². The van der Waals surface area contributed by atoms with Crippen molar-refractivity contribution in [2.75, 3.05) is 19.8 Å². The molecule has 7 heteroatoms. The van der Waals surface area contributed by atoms with Gasteiger partial charge in [-0.05, 0) is 0 Å². The van der Waals surface area contributed by atoms with Crippen molar-refractivity contribution in [2.24, 2.45) is 0 Å². The number of oxazole rings is 1. The molecule has 0 radical (unpaired) electrons. The summed E-state index contributed by atoms with van der Waals surface area (Å²) in [6.07, 6.45) is 2.11. The zero-order valence-corrected chi connectivity index (χ0v) is 13.1. The Labute approximate surface area is 138 Å². The van der Waals surface area contributed by atoms with Gasteiger partial charge in [0.1, 0.15) is 0 Å². The Morgan fingerprint density at radius 3 is 2.83 bits per heavy atom. The van der Waals surface area contributed by atoms with Crippen LogP contribution in [0.3, 0.4) is 0 Å². The number of carboxylic acids is 1. The van der Waals surface area contributed by atoms with Crippen molar-refractivity contribution < 1.29 is 23.8 Å². The van der Waals surface area contributed by atoms with E-state index in [0.717, 1.165) is 5.56 Å². The fourth-order valence-corrected chi connectivity index (χ4v) is 2.63. The second-order valence-electron chi connectivity index (χ2n) is 5.50. The first-order valence-corrected chi connectivity index (χ1v) is 7.75. The fourth-order valence-electron chi connectivity index (χ4n) is 2.63. The van der Waals surface area contributed by atoms with Gasteiger partial charge >= 0.3 is 5.97 Å². The van der Waals surface area contributed by atoms with E-state index >= 15 is 0 Å². The monoisotopic (exact) mass is 330 g/mol. The molecule has 1 amide bonds. The van der Waals surface area contributed by atoms with E-state index < -0.39 is 12.0 Å². The molecule has 1 atom stereocenters. The molecule has 24 heavy (non-hydrogen) atoms. The molecule has 7 nitrogen and oxygen atoms in total. The molecule has 126 valence electrons. The third-order valence-corrected chi connectivity index (χ3v) is 3.90. The number of hydrogen-bond acceptors (Lipinski definition) is 5. The molecule has 1 aliphatic rings. The minimum absolute atomic E-state index is 0.0260. The van der Waals surface area contributed by atoms with E-state index in [0.29, 0.717) is 24.7 Å². The standard InChI is InChI=1S/C17H18N2O5/c20-16(19-8-9-23-11-13(19)17(21)22)7-6-15-18-10-14(24-15)12-4-2-1-3-5-12/h1-5,10,13H,6-9,11H2,(H,21,22)/t13-/m1/s1. The maximum absolute atomic E-state index is 12.3. The van der Waals surface area contributed by atoms with Crippen LogP contribution in [-0.4, -0.2) is 52.7 Å². The van der Waals surface area contributed by atoms with Gasteiger partial charge in [-0.15, -0.1) is 0 Å². The Balaban J connectivity index is 1.60. The van der Waals surface area contributed by atoms with Crippen molar-refractivity contribution in [3.05, 3.63) is 42.4 Å². The molecule has 0 unspecified atom stereocenters. The summed E-state index contributed by atoms with van der Waals surface area (Å²) in [4.78, 5) is 29.0. The summed E-state index contributed by atoms with van der Waals surface area (Å²) in [5, 5.41) is 9.17. The molecule has 0 aliphatic carbocycles. The average Bonchev–Trinajstić information content (AvgIpc) is 3.09. The molecule has 2 heterocycles. The van der Waals surface area contributed by atoms with E-state index in [1.165, 1.54) is 4.90 Å². The molecular formula is C17H18N2O5. The average molecular weight is 330 g/mol. The number of hydrogen-bond donors (Lipinski definition) is 1. The maximum Gasteiger partial charge on any atom is 0.328 e. The molecule has 1 aromatic carbocycles. The maximum atomic E-state index is 12.3. The molecule has 0 saturated carbocycles. The highest BCUT2D eigenvalue weighted by molar-refractivity contribution is 5.84. The highest BCUT2D eigenvalue weighted by Gasteiger charge is 2.32. The molecule has 1 saturated heterocycles. The van der Waals surface area contributed by atoms with Crippen molar-refractivity contribution in [1.82, 2.24) is 9.88 Å². The number of carbonyl (C=O) groups is 2. The van der Waals surface area contributed by atoms with Crippen molar-refractivity contribution >= 4 is 11.9 Å². The lowest BCUT2D eigenvalue weighted by Crippen LogP contribution is -2.52. The number of morpholine rings is 1. The molecule has 1 fully saturated rings. The van der Waals surface area contributed by atoms with Crippen LogP contribution in [0, 0.1) is 0 Å². The van der Waals surface area contributed by atoms with Gasteiger partial charge in [-0.2, -0.15) is 0 Å². The van der Waals surface area contributed by atoms with E-state index in [9.17, 15) is 9.59 Å². The predicted molar refractivity (Wildman–Crippen MR) is 84.2 cm³/mol. The highest BCUT2D eigenvalue weighted by Crippen LogP contribution is 2.20. The lowest BCUT2D eigenvalue weighted by molar-refractivity contribution is -0.158. The van der Waals surface area contributed by atoms with Gasteiger partial charge in [-0.25, -0.2) is 9.78 Å². The number of amides is 1. The minimum Gasteiger partial charge on any atom is -0.480 e. The lowest BCUT2D eigenvalue weighted by atomic mass is 10.2. The smallest absolute Gasteiger partial charge is 0.328 e. The lowest BCUT2D eigenvalue weighted by Gasteiger charge is -2.32. The van der Waals surface area contributed by atoms with Crippen molar-refractivity contribution in [3.8, 4) is 11.3 Å². The van der Waals surface area contributed by atoms with Gasteiger partial charge in [0.05, 0.1) is 19.4 Å². The number of aryl methyl sites for hydroxylation is 1. The second kappa shape index (κ2) is 7.27. The number of aromatic nitrogens is 1. The Morgan fingerprint density at radius 2 is 2.08 bits per heavy atom. The molecule has 1 aromatic heterocycles. The van der Waals surface area contributed by atoms with Gasteiger partial charge in [-0.1, -0.05) is 30.3 Å². The third kappa shape index (κ3) is 3.62. The Morgan fingerprint density at radius 1 is 1.29 bits per heavy atom. The quantitative estimate of drug-likeness (QED) is 0.895. The Bertz CT molecular complexity index is 713. The van der Waals surface area contributed by atoms with E-state index in [-0.39, 0.29) is 25.5 Å². The zero-order chi connectivity index (χ0) is 16.9. The summed E-state index contributed by atoms with van der Waals surface area (Å²) in [5.74, 6) is -0.175. The summed E-state index contributed by atoms with van der Waals surface area (Å²) >= 11 is 0. The van der Waals surface area contributed by atoms with Gasteiger partial charge in [-0.3, -0.25) is 4.79 Å². The summed E-state index contributed by atoms with van der Waals surface area (Å²) in [5.41, 5.74) is 0.918. The number of ether oxygens (including phenoxy) is 1. The number of carbonyl (C=O) groups excluding carboxylic acids is 1. The van der Waals surface area contributed by atoms with Crippen LogP contribution >= 0.6 is 0 Å². The third-order valence-electron chi connectivity index (χ3n) is 3.90. The van der Waals surface area contributed by atoms with Crippen LogP contribution in [0.1, 0.15) is 12.3 Å². The zero-order valence-electron chi connectivity index (χ0n) is 13.1. The normalized spacial score (nSPS) is 17.7. The van der Waals surface area contributed by atoms with Crippen LogP contribution in [0.5, 0.6) is 0 Å². The summed E-state index contributed by atoms with van der Waals surface area (Å²) in [6, 6.07) is 8.65. The predicted octanol–water partition coefficient (Wildman–Crippen LogP) is 1.59. The van der Waals surface area contributed by atoms with Crippen LogP contribution in [0.2, 0.25) is 0 Å². The van der Waals surface area contributed by atoms with Gasteiger partial charge in [0.15, 0.2) is 17.7 Å². The number of benzene rings is 1. The minimum atomic E-state index is -1.05. The van der Waals surface area contributed by atoms with Crippen LogP contribution < -0.4 is 0 Å². The van der Waals surface area contributed by atoms with Crippen LogP contribution in [0.4, 0.5) is 0 Å². The largest absolute Gasteiger partial charge is 0.480 e. The topological polar surface area (TPSA) is 92.9 Å². The van der Waals surface area contributed by atoms with Crippen LogP contribution in [-0.2, 0) is 20.7 Å². The first kappa shape index (κ1) is 16.2. The summed E-state index contributed by atoms with van der Waals surface area (Å²) < 4.78 is 10.8. The van der Waals surface area contributed by atoms with E-state index in [1.54, 1.807) is 6.20 Å². The number of aliphatic carboxylic acids is 1. The van der Waals surface area contributed by atoms with Crippen LogP contribution in [0.15, 0.2) is 40.9 Å². The first-order chi connectivity index (χ1) is 11.6. The molecule has 0 bridgehead atoms. The first-order valence-electron chi connectivity index (χ1n) is 7.75. The number of nitrogens with zero attached hydrogens (tertiary/aromatic N) is 2. The molecule has 2 aromatic rings. The van der Waals surface area contributed by atoms with E-state index in [1.807, 2.05) is 30.3 Å². The van der Waals surface area contributed by atoms with Crippen LogP contribution in [0.25, 0.3) is 11.3 Å². The highest BCUT2D eigenvalue weighted by atomic mass is 16.5. The molecule has 1 aliphatic heterocycles. The van der Waals surface area contributed by atoms with E-state index in [4.69, 9.17) is 14.3 Å². The summed E-state index contributed by atoms with van der Waals surface area (Å²) in [7, 11) is 0. The Kier molecular flexibility index (Phi) is 4.90. The number of carboxylic acid groups (broad SMARTS) is 1. The molecule has 1 N–H and O–H groups in total. The van der Waals surface area contributed by atoms with E-state index in [2.05, 4.69) is 4.98 Å². The molecule has 0 spiro atoms. The Hall–Kier alpha value is -2.67. The summed E-state index contributed by atoms with van der Waals surface area (Å²) in [6.45, 7) is 0.668. The molecule has 3 rings (SSSR count). The SMILES string of the molecule is O=C(O)[C@H]1COCCN1C(=O)CCc1ncc(-c2ccccc2)o1. The van der Waals surface area contributed by atoms with Gasteiger partial charge in [0, 0.05) is 24.9 Å². The van der Waals surface area contributed by atoms with Gasteiger partial charge in [0.25, 0.3) is 0 Å². The van der Waals surface area contributed by atoms with Gasteiger partial charge < -0.3 is 19.2 Å². The fraction of sp³-hybridized carbons (Fsp3) is 0.353. The van der Waals surface area contributed by atoms with Gasteiger partial charge in [0.2, 0.25) is 5.91 Å². The van der Waals surface area contributed by atoms with Crippen molar-refractivity contribution in [3.63, 3.8) is 0 Å². The number of rotatable bonds is 5. The second-order valence-corrected chi connectivity index (χ2v) is 5.50. The molecular weight excluding hydrogens is 312 g/mol.